The van der Waals surface area contributed by atoms with Crippen molar-refractivity contribution in [2.24, 2.45) is 0 Å². The zero-order valence-corrected chi connectivity index (χ0v) is 15.2. The van der Waals surface area contributed by atoms with Crippen LogP contribution in [0.5, 0.6) is 11.5 Å². The van der Waals surface area contributed by atoms with Crippen LogP contribution in [-0.2, 0) is 6.42 Å². The summed E-state index contributed by atoms with van der Waals surface area (Å²) in [6.07, 6.45) is 0.984. The molecule has 0 amide bonds. The van der Waals surface area contributed by atoms with Crippen molar-refractivity contribution < 1.29 is 9.47 Å². The van der Waals surface area contributed by atoms with Gasteiger partial charge in [0.15, 0.2) is 0 Å². The number of nitrogens with one attached hydrogen (secondary N) is 1. The van der Waals surface area contributed by atoms with Crippen molar-refractivity contribution in [2.45, 2.75) is 13.3 Å². The normalized spacial score (nSPS) is 10.3. The van der Waals surface area contributed by atoms with Gasteiger partial charge in [-0.25, -0.2) is 0 Å². The van der Waals surface area contributed by atoms with E-state index >= 15 is 0 Å². The summed E-state index contributed by atoms with van der Waals surface area (Å²) in [7, 11) is 0. The van der Waals surface area contributed by atoms with E-state index in [0.29, 0.717) is 13.2 Å². The maximum absolute atomic E-state index is 5.90. The monoisotopic (exact) mass is 347 g/mol. The third-order valence-electron chi connectivity index (χ3n) is 4.21. The van der Waals surface area contributed by atoms with Crippen LogP contribution in [-0.4, -0.2) is 19.8 Å². The van der Waals surface area contributed by atoms with Gasteiger partial charge in [-0.2, -0.15) is 0 Å². The molecule has 0 aromatic heterocycles. The molecule has 0 aliphatic rings. The Hall–Kier alpha value is -2.94. The van der Waals surface area contributed by atoms with Gasteiger partial charge in [-0.1, -0.05) is 54.6 Å². The van der Waals surface area contributed by atoms with E-state index in [1.807, 2.05) is 54.6 Å². The SMILES string of the molecule is Cc1ccccc1CCNc1ccccc1OCCOc1ccccc1. The molecule has 0 radical (unpaired) electrons. The number of anilines is 1. The van der Waals surface area contributed by atoms with Crippen molar-refractivity contribution in [3.63, 3.8) is 0 Å². The molecule has 0 saturated heterocycles. The highest BCUT2D eigenvalue weighted by Gasteiger charge is 2.03. The Balaban J connectivity index is 1.47. The lowest BCUT2D eigenvalue weighted by Gasteiger charge is -2.14. The average Bonchev–Trinajstić information content (AvgIpc) is 2.68. The lowest BCUT2D eigenvalue weighted by Crippen LogP contribution is -2.11. The zero-order chi connectivity index (χ0) is 18.0. The Bertz CT molecular complexity index is 802. The van der Waals surface area contributed by atoms with Gasteiger partial charge in [0.1, 0.15) is 24.7 Å². The second kappa shape index (κ2) is 9.52. The number of benzene rings is 3. The van der Waals surface area contributed by atoms with Crippen molar-refractivity contribution in [2.75, 3.05) is 25.1 Å². The van der Waals surface area contributed by atoms with Crippen molar-refractivity contribution in [3.05, 3.63) is 90.0 Å². The molecule has 3 nitrogen and oxygen atoms in total. The molecule has 1 N–H and O–H groups in total. The second-order valence-electron chi connectivity index (χ2n) is 6.11. The summed E-state index contributed by atoms with van der Waals surface area (Å²) in [6.45, 7) is 4.04. The predicted octanol–water partition coefficient (Wildman–Crippen LogP) is 5.11. The van der Waals surface area contributed by atoms with Crippen LogP contribution in [0.3, 0.4) is 0 Å². The molecule has 3 aromatic rings. The molecular weight excluding hydrogens is 322 g/mol. The van der Waals surface area contributed by atoms with E-state index in [9.17, 15) is 0 Å². The Kier molecular flexibility index (Phi) is 6.54. The Morgan fingerprint density at radius 2 is 1.42 bits per heavy atom. The molecule has 0 heterocycles. The molecule has 3 rings (SSSR count). The van der Waals surface area contributed by atoms with Crippen molar-refractivity contribution in [1.82, 2.24) is 0 Å². The lowest BCUT2D eigenvalue weighted by molar-refractivity contribution is 0.218. The maximum Gasteiger partial charge on any atom is 0.142 e. The van der Waals surface area contributed by atoms with Crippen LogP contribution >= 0.6 is 0 Å². The van der Waals surface area contributed by atoms with Crippen LogP contribution in [0.4, 0.5) is 5.69 Å². The van der Waals surface area contributed by atoms with Gasteiger partial charge in [0, 0.05) is 6.54 Å². The summed E-state index contributed by atoms with van der Waals surface area (Å²) in [6, 6.07) is 26.3. The molecule has 134 valence electrons. The highest BCUT2D eigenvalue weighted by atomic mass is 16.5. The number of aryl methyl sites for hydroxylation is 1. The Morgan fingerprint density at radius 1 is 0.731 bits per heavy atom. The predicted molar refractivity (Wildman–Crippen MR) is 107 cm³/mol. The van der Waals surface area contributed by atoms with Gasteiger partial charge in [0.05, 0.1) is 5.69 Å². The molecule has 26 heavy (non-hydrogen) atoms. The first-order chi connectivity index (χ1) is 12.8. The van der Waals surface area contributed by atoms with Gasteiger partial charge in [0.25, 0.3) is 0 Å². The Labute approximate surface area is 155 Å². The fourth-order valence-corrected chi connectivity index (χ4v) is 2.79. The largest absolute Gasteiger partial charge is 0.490 e. The number of rotatable bonds is 9. The van der Waals surface area contributed by atoms with Crippen molar-refractivity contribution in [1.29, 1.82) is 0 Å². The van der Waals surface area contributed by atoms with E-state index in [0.717, 1.165) is 30.2 Å². The molecular formula is C23H25NO2. The molecule has 0 unspecified atom stereocenters. The molecule has 0 saturated carbocycles. The minimum absolute atomic E-state index is 0.505. The minimum atomic E-state index is 0.505. The van der Waals surface area contributed by atoms with E-state index in [1.54, 1.807) is 0 Å². The number of para-hydroxylation sites is 3. The second-order valence-corrected chi connectivity index (χ2v) is 6.11. The van der Waals surface area contributed by atoms with Gasteiger partial charge < -0.3 is 14.8 Å². The third kappa shape index (κ3) is 5.28. The molecule has 3 heteroatoms. The van der Waals surface area contributed by atoms with Crippen LogP contribution in [0.25, 0.3) is 0 Å². The van der Waals surface area contributed by atoms with Gasteiger partial charge in [-0.3, -0.25) is 0 Å². The van der Waals surface area contributed by atoms with Gasteiger partial charge in [0.2, 0.25) is 0 Å². The van der Waals surface area contributed by atoms with Crippen molar-refractivity contribution >= 4 is 5.69 Å². The first-order valence-corrected chi connectivity index (χ1v) is 9.01. The molecule has 0 fully saturated rings. The fourth-order valence-electron chi connectivity index (χ4n) is 2.79. The highest BCUT2D eigenvalue weighted by Crippen LogP contribution is 2.23. The molecule has 0 aliphatic heterocycles. The fraction of sp³-hybridized carbons (Fsp3) is 0.217. The summed E-state index contributed by atoms with van der Waals surface area (Å²) < 4.78 is 11.6. The van der Waals surface area contributed by atoms with Gasteiger partial charge >= 0.3 is 0 Å². The first kappa shape index (κ1) is 17.9. The number of ether oxygens (including phenoxy) is 2. The molecule has 0 spiro atoms. The van der Waals surface area contributed by atoms with Crippen LogP contribution in [0, 0.1) is 6.92 Å². The van der Waals surface area contributed by atoms with Crippen LogP contribution < -0.4 is 14.8 Å². The van der Waals surface area contributed by atoms with E-state index in [4.69, 9.17) is 9.47 Å². The van der Waals surface area contributed by atoms with Crippen LogP contribution in [0.15, 0.2) is 78.9 Å². The highest BCUT2D eigenvalue weighted by molar-refractivity contribution is 5.56. The molecule has 3 aromatic carbocycles. The topological polar surface area (TPSA) is 30.5 Å². The van der Waals surface area contributed by atoms with E-state index in [1.165, 1.54) is 11.1 Å². The van der Waals surface area contributed by atoms with E-state index in [2.05, 4.69) is 36.5 Å². The number of hydrogen-bond donors (Lipinski definition) is 1. The number of hydrogen-bond acceptors (Lipinski definition) is 3. The summed E-state index contributed by atoms with van der Waals surface area (Å²) in [5.41, 5.74) is 3.72. The van der Waals surface area contributed by atoms with Crippen molar-refractivity contribution in [3.8, 4) is 11.5 Å². The van der Waals surface area contributed by atoms with E-state index in [-0.39, 0.29) is 0 Å². The lowest BCUT2D eigenvalue weighted by atomic mass is 10.1. The summed E-state index contributed by atoms with van der Waals surface area (Å²) >= 11 is 0. The Morgan fingerprint density at radius 3 is 2.27 bits per heavy atom. The van der Waals surface area contributed by atoms with Crippen LogP contribution in [0.1, 0.15) is 11.1 Å². The van der Waals surface area contributed by atoms with E-state index < -0.39 is 0 Å². The third-order valence-corrected chi connectivity index (χ3v) is 4.21. The summed E-state index contributed by atoms with van der Waals surface area (Å²) in [5, 5.41) is 3.48. The van der Waals surface area contributed by atoms with Gasteiger partial charge in [-0.15, -0.1) is 0 Å². The first-order valence-electron chi connectivity index (χ1n) is 9.01. The smallest absolute Gasteiger partial charge is 0.142 e. The summed E-state index contributed by atoms with van der Waals surface area (Å²) in [5.74, 6) is 1.72. The standard InChI is InChI=1S/C23H25NO2/c1-19-9-5-6-10-20(19)15-16-24-22-13-7-8-14-23(22)26-18-17-25-21-11-3-2-4-12-21/h2-14,24H,15-18H2,1H3. The van der Waals surface area contributed by atoms with Gasteiger partial charge in [-0.05, 0) is 48.7 Å². The molecule has 0 bridgehead atoms. The minimum Gasteiger partial charge on any atom is -0.490 e. The molecule has 0 atom stereocenters. The molecule has 0 aliphatic carbocycles. The zero-order valence-electron chi connectivity index (χ0n) is 15.2. The van der Waals surface area contributed by atoms with Crippen LogP contribution in [0.2, 0.25) is 0 Å². The summed E-state index contributed by atoms with van der Waals surface area (Å²) in [4.78, 5) is 0. The maximum atomic E-state index is 5.90. The quantitative estimate of drug-likeness (QED) is 0.546. The average molecular weight is 347 g/mol.